The summed E-state index contributed by atoms with van der Waals surface area (Å²) >= 11 is 0. The lowest BCUT2D eigenvalue weighted by atomic mass is 9.97. The van der Waals surface area contributed by atoms with Gasteiger partial charge in [0.15, 0.2) is 0 Å². The van der Waals surface area contributed by atoms with E-state index in [1.807, 2.05) is 47.3 Å². The molecule has 1 saturated carbocycles. The molecule has 2 aromatic rings. The van der Waals surface area contributed by atoms with Gasteiger partial charge in [-0.25, -0.2) is 4.68 Å². The van der Waals surface area contributed by atoms with E-state index < -0.39 is 0 Å². The van der Waals surface area contributed by atoms with Crippen LogP contribution >= 0.6 is 0 Å². The molecule has 4 nitrogen and oxygen atoms in total. The van der Waals surface area contributed by atoms with Crippen LogP contribution in [0, 0.1) is 5.92 Å². The van der Waals surface area contributed by atoms with Gasteiger partial charge in [-0.1, -0.05) is 18.2 Å². The predicted molar refractivity (Wildman–Crippen MR) is 80.1 cm³/mol. The van der Waals surface area contributed by atoms with E-state index in [0.717, 1.165) is 23.8 Å². The van der Waals surface area contributed by atoms with Gasteiger partial charge in [0.05, 0.1) is 17.8 Å². The Morgan fingerprint density at radius 3 is 2.62 bits per heavy atom. The van der Waals surface area contributed by atoms with E-state index in [0.29, 0.717) is 12.5 Å². The van der Waals surface area contributed by atoms with Gasteiger partial charge < -0.3 is 4.90 Å². The fraction of sp³-hybridized carbons (Fsp3) is 0.412. The Morgan fingerprint density at radius 1 is 1.14 bits per heavy atom. The molecule has 108 valence electrons. The highest BCUT2D eigenvalue weighted by atomic mass is 16.2. The number of para-hydroxylation sites is 1. The van der Waals surface area contributed by atoms with Gasteiger partial charge in [-0.05, 0) is 43.4 Å². The molecule has 1 aliphatic carbocycles. The Morgan fingerprint density at radius 2 is 1.95 bits per heavy atom. The molecule has 1 unspecified atom stereocenters. The van der Waals surface area contributed by atoms with Crippen molar-refractivity contribution in [3.8, 4) is 5.69 Å². The fourth-order valence-corrected chi connectivity index (χ4v) is 3.13. The number of rotatable bonds is 4. The number of benzene rings is 1. The molecule has 1 amide bonds. The summed E-state index contributed by atoms with van der Waals surface area (Å²) in [5, 5.41) is 4.52. The average Bonchev–Trinajstić information content (AvgIpc) is 3.16. The number of hydrogen-bond donors (Lipinski definition) is 0. The monoisotopic (exact) mass is 281 g/mol. The lowest BCUT2D eigenvalue weighted by Crippen LogP contribution is -2.52. The molecule has 1 aliphatic heterocycles. The number of carbonyl (C=O) groups is 1. The minimum absolute atomic E-state index is 0.233. The van der Waals surface area contributed by atoms with Crippen LogP contribution in [-0.2, 0) is 11.2 Å². The molecule has 21 heavy (non-hydrogen) atoms. The van der Waals surface area contributed by atoms with E-state index in [4.69, 9.17) is 0 Å². The smallest absolute Gasteiger partial charge is 0.228 e. The highest BCUT2D eigenvalue weighted by molar-refractivity contribution is 5.79. The van der Waals surface area contributed by atoms with Crippen LogP contribution in [0.5, 0.6) is 0 Å². The lowest BCUT2D eigenvalue weighted by Gasteiger charge is -2.41. The van der Waals surface area contributed by atoms with Crippen molar-refractivity contribution in [2.45, 2.75) is 31.7 Å². The summed E-state index contributed by atoms with van der Waals surface area (Å²) in [5.74, 6) is 1.01. The first-order valence-electron chi connectivity index (χ1n) is 7.71. The zero-order valence-corrected chi connectivity index (χ0v) is 12.0. The van der Waals surface area contributed by atoms with Crippen LogP contribution in [0.1, 0.15) is 25.0 Å². The third kappa shape index (κ3) is 2.46. The minimum Gasteiger partial charge on any atom is -0.339 e. The molecule has 2 heterocycles. The summed E-state index contributed by atoms with van der Waals surface area (Å²) in [6.07, 6.45) is 6.14. The first-order chi connectivity index (χ1) is 10.3. The van der Waals surface area contributed by atoms with Crippen molar-refractivity contribution in [1.29, 1.82) is 0 Å². The standard InChI is InChI=1S/C17H19N3O/c21-17(19-10-9-16(19)13-6-7-13)12-14-8-11-20(18-14)15-4-2-1-3-5-15/h1-5,8,11,13,16H,6-7,9-10,12H2. The normalized spacial score (nSPS) is 21.1. The van der Waals surface area contributed by atoms with Gasteiger partial charge in [-0.15, -0.1) is 0 Å². The summed E-state index contributed by atoms with van der Waals surface area (Å²) in [6.45, 7) is 0.930. The van der Waals surface area contributed by atoms with Crippen molar-refractivity contribution >= 4 is 5.91 Å². The van der Waals surface area contributed by atoms with E-state index >= 15 is 0 Å². The molecule has 0 radical (unpaired) electrons. The third-order valence-corrected chi connectivity index (χ3v) is 4.55. The van der Waals surface area contributed by atoms with Crippen molar-refractivity contribution in [2.75, 3.05) is 6.54 Å². The third-order valence-electron chi connectivity index (χ3n) is 4.55. The topological polar surface area (TPSA) is 38.1 Å². The summed E-state index contributed by atoms with van der Waals surface area (Å²) in [5.41, 5.74) is 1.88. The number of carbonyl (C=O) groups excluding carboxylic acids is 1. The van der Waals surface area contributed by atoms with Crippen LogP contribution in [0.2, 0.25) is 0 Å². The van der Waals surface area contributed by atoms with E-state index in [1.165, 1.54) is 19.3 Å². The Hall–Kier alpha value is -2.10. The van der Waals surface area contributed by atoms with Gasteiger partial charge in [0.2, 0.25) is 5.91 Å². The average molecular weight is 281 g/mol. The number of likely N-dealkylation sites (tertiary alicyclic amines) is 1. The molecule has 0 bridgehead atoms. The maximum Gasteiger partial charge on any atom is 0.228 e. The molecule has 1 aromatic heterocycles. The van der Waals surface area contributed by atoms with Crippen molar-refractivity contribution in [3.05, 3.63) is 48.3 Å². The van der Waals surface area contributed by atoms with Gasteiger partial charge in [0.25, 0.3) is 0 Å². The van der Waals surface area contributed by atoms with E-state index in [1.54, 1.807) is 0 Å². The molecule has 2 fully saturated rings. The molecule has 4 rings (SSSR count). The second-order valence-corrected chi connectivity index (χ2v) is 6.04. The van der Waals surface area contributed by atoms with Crippen LogP contribution in [-0.4, -0.2) is 33.2 Å². The Labute approximate surface area is 124 Å². The Bertz CT molecular complexity index is 645. The van der Waals surface area contributed by atoms with Crippen molar-refractivity contribution < 1.29 is 4.79 Å². The molecular weight excluding hydrogens is 262 g/mol. The quantitative estimate of drug-likeness (QED) is 0.863. The summed E-state index contributed by atoms with van der Waals surface area (Å²) in [7, 11) is 0. The maximum absolute atomic E-state index is 12.4. The van der Waals surface area contributed by atoms with Crippen LogP contribution in [0.4, 0.5) is 0 Å². The lowest BCUT2D eigenvalue weighted by molar-refractivity contribution is -0.139. The van der Waals surface area contributed by atoms with E-state index in [9.17, 15) is 4.79 Å². The molecule has 2 aliphatic rings. The molecule has 4 heteroatoms. The second kappa shape index (κ2) is 5.02. The predicted octanol–water partition coefficient (Wildman–Crippen LogP) is 2.43. The van der Waals surface area contributed by atoms with Gasteiger partial charge >= 0.3 is 0 Å². The summed E-state index contributed by atoms with van der Waals surface area (Å²) in [6, 6.07) is 12.4. The SMILES string of the molecule is O=C(Cc1ccn(-c2ccccc2)n1)N1CCC1C1CC1. The van der Waals surface area contributed by atoms with Crippen molar-refractivity contribution in [3.63, 3.8) is 0 Å². The minimum atomic E-state index is 0.233. The Balaban J connectivity index is 1.43. The zero-order valence-electron chi connectivity index (χ0n) is 12.0. The highest BCUT2D eigenvalue weighted by Crippen LogP contribution is 2.41. The number of aromatic nitrogens is 2. The highest BCUT2D eigenvalue weighted by Gasteiger charge is 2.42. The van der Waals surface area contributed by atoms with Crippen molar-refractivity contribution in [2.24, 2.45) is 5.92 Å². The second-order valence-electron chi connectivity index (χ2n) is 6.04. The number of amides is 1. The van der Waals surface area contributed by atoms with E-state index in [2.05, 4.69) is 10.00 Å². The largest absolute Gasteiger partial charge is 0.339 e. The molecule has 0 N–H and O–H groups in total. The molecule has 1 atom stereocenters. The molecule has 0 spiro atoms. The van der Waals surface area contributed by atoms with Gasteiger partial charge in [0, 0.05) is 18.8 Å². The molecular formula is C17H19N3O. The van der Waals surface area contributed by atoms with Crippen LogP contribution in [0.25, 0.3) is 5.69 Å². The van der Waals surface area contributed by atoms with Crippen LogP contribution < -0.4 is 0 Å². The van der Waals surface area contributed by atoms with Crippen LogP contribution in [0.15, 0.2) is 42.6 Å². The van der Waals surface area contributed by atoms with Crippen LogP contribution in [0.3, 0.4) is 0 Å². The van der Waals surface area contributed by atoms with Gasteiger partial charge in [0.1, 0.15) is 0 Å². The summed E-state index contributed by atoms with van der Waals surface area (Å²) in [4.78, 5) is 14.4. The summed E-state index contributed by atoms with van der Waals surface area (Å²) < 4.78 is 1.83. The van der Waals surface area contributed by atoms with Gasteiger partial charge in [-0.3, -0.25) is 4.79 Å². The zero-order chi connectivity index (χ0) is 14.2. The van der Waals surface area contributed by atoms with Crippen molar-refractivity contribution in [1.82, 2.24) is 14.7 Å². The first kappa shape index (κ1) is 12.6. The fourth-order valence-electron chi connectivity index (χ4n) is 3.13. The molecule has 1 saturated heterocycles. The van der Waals surface area contributed by atoms with Gasteiger partial charge in [-0.2, -0.15) is 5.10 Å². The number of nitrogens with zero attached hydrogens (tertiary/aromatic N) is 3. The van der Waals surface area contributed by atoms with E-state index in [-0.39, 0.29) is 5.91 Å². The first-order valence-corrected chi connectivity index (χ1v) is 7.71. The number of hydrogen-bond acceptors (Lipinski definition) is 2. The Kier molecular flexibility index (Phi) is 3.02. The molecule has 1 aromatic carbocycles. The maximum atomic E-state index is 12.4.